The number of carbonyl (C=O) groups excluding carboxylic acids is 1. The average molecular weight is 274 g/mol. The number of aryl methyl sites for hydroxylation is 2. The van der Waals surface area contributed by atoms with E-state index in [-0.39, 0.29) is 18.2 Å². The molecule has 0 unspecified atom stereocenters. The first-order valence-corrected chi connectivity index (χ1v) is 6.54. The van der Waals surface area contributed by atoms with E-state index in [1.54, 1.807) is 6.92 Å². The van der Waals surface area contributed by atoms with Gasteiger partial charge in [-0.25, -0.2) is 0 Å². The van der Waals surface area contributed by atoms with Crippen LogP contribution in [0.5, 0.6) is 5.75 Å². The van der Waals surface area contributed by atoms with Crippen LogP contribution in [-0.2, 0) is 6.61 Å². The molecule has 1 N–H and O–H groups in total. The summed E-state index contributed by atoms with van der Waals surface area (Å²) in [6, 6.07) is 7.73. The second kappa shape index (κ2) is 6.23. The Kier molecular flexibility index (Phi) is 4.40. The van der Waals surface area contributed by atoms with E-state index >= 15 is 0 Å². The van der Waals surface area contributed by atoms with Crippen LogP contribution >= 0.6 is 0 Å². The minimum absolute atomic E-state index is 0.244. The molecule has 5 heteroatoms. The molecule has 1 heterocycles. The summed E-state index contributed by atoms with van der Waals surface area (Å²) < 4.78 is 10.8. The van der Waals surface area contributed by atoms with Gasteiger partial charge in [-0.1, -0.05) is 22.9 Å². The van der Waals surface area contributed by atoms with E-state index < -0.39 is 0 Å². The normalized spacial score (nSPS) is 10.3. The highest BCUT2D eigenvalue weighted by Gasteiger charge is 2.19. The van der Waals surface area contributed by atoms with Crippen LogP contribution in [0.25, 0.3) is 0 Å². The Labute approximate surface area is 117 Å². The fourth-order valence-corrected chi connectivity index (χ4v) is 1.77. The fraction of sp³-hybridized carbons (Fsp3) is 0.333. The molecular formula is C15H18N2O3. The number of ether oxygens (including phenoxy) is 1. The molecule has 20 heavy (non-hydrogen) atoms. The summed E-state index contributed by atoms with van der Waals surface area (Å²) in [7, 11) is 0. The fourth-order valence-electron chi connectivity index (χ4n) is 1.77. The van der Waals surface area contributed by atoms with Crippen molar-refractivity contribution in [2.75, 3.05) is 6.54 Å². The van der Waals surface area contributed by atoms with Gasteiger partial charge in [0.25, 0.3) is 5.91 Å². The minimum Gasteiger partial charge on any atom is -0.489 e. The number of benzene rings is 1. The molecule has 0 saturated heterocycles. The van der Waals surface area contributed by atoms with Crippen LogP contribution in [0.3, 0.4) is 0 Å². The minimum atomic E-state index is -0.244. The van der Waals surface area contributed by atoms with Crippen LogP contribution in [0.2, 0.25) is 0 Å². The molecule has 0 aliphatic carbocycles. The lowest BCUT2D eigenvalue weighted by Crippen LogP contribution is -2.24. The van der Waals surface area contributed by atoms with Crippen molar-refractivity contribution in [1.29, 1.82) is 0 Å². The molecular weight excluding hydrogens is 256 g/mol. The Morgan fingerprint density at radius 3 is 2.65 bits per heavy atom. The third kappa shape index (κ3) is 3.17. The molecule has 1 aromatic heterocycles. The number of rotatable bonds is 5. The Morgan fingerprint density at radius 1 is 1.30 bits per heavy atom. The summed E-state index contributed by atoms with van der Waals surface area (Å²) in [4.78, 5) is 11.8. The maximum atomic E-state index is 11.8. The largest absolute Gasteiger partial charge is 0.489 e. The zero-order valence-corrected chi connectivity index (χ0v) is 11.9. The molecule has 0 aliphatic rings. The van der Waals surface area contributed by atoms with Crippen molar-refractivity contribution < 1.29 is 14.1 Å². The summed E-state index contributed by atoms with van der Waals surface area (Å²) in [5.74, 6) is 1.10. The monoisotopic (exact) mass is 274 g/mol. The Morgan fingerprint density at radius 2 is 2.00 bits per heavy atom. The third-order valence-electron chi connectivity index (χ3n) is 2.94. The second-order valence-electron chi connectivity index (χ2n) is 4.53. The highest BCUT2D eigenvalue weighted by molar-refractivity contribution is 5.93. The zero-order chi connectivity index (χ0) is 14.5. The molecule has 0 fully saturated rings. The van der Waals surface area contributed by atoms with Crippen molar-refractivity contribution >= 4 is 5.91 Å². The van der Waals surface area contributed by atoms with Gasteiger partial charge in [-0.15, -0.1) is 0 Å². The number of aromatic nitrogens is 1. The summed E-state index contributed by atoms with van der Waals surface area (Å²) in [6.07, 6.45) is 0. The first-order chi connectivity index (χ1) is 9.61. The molecule has 0 radical (unpaired) electrons. The van der Waals surface area contributed by atoms with Gasteiger partial charge in [0.05, 0.1) is 5.56 Å². The van der Waals surface area contributed by atoms with Crippen LogP contribution in [0.4, 0.5) is 0 Å². The van der Waals surface area contributed by atoms with Gasteiger partial charge in [0.2, 0.25) is 0 Å². The van der Waals surface area contributed by atoms with Gasteiger partial charge in [-0.05, 0) is 32.9 Å². The number of hydrogen-bond acceptors (Lipinski definition) is 4. The molecule has 0 bridgehead atoms. The van der Waals surface area contributed by atoms with Gasteiger partial charge < -0.3 is 14.6 Å². The molecule has 106 valence electrons. The quantitative estimate of drug-likeness (QED) is 0.910. The smallest absolute Gasteiger partial charge is 0.273 e. The van der Waals surface area contributed by atoms with Gasteiger partial charge in [0, 0.05) is 6.54 Å². The predicted molar refractivity (Wildman–Crippen MR) is 74.8 cm³/mol. The molecule has 2 aromatic rings. The Hall–Kier alpha value is -2.30. The molecule has 0 spiro atoms. The molecule has 1 aromatic carbocycles. The van der Waals surface area contributed by atoms with E-state index in [1.165, 1.54) is 5.56 Å². The van der Waals surface area contributed by atoms with Crippen LogP contribution in [-0.4, -0.2) is 17.6 Å². The van der Waals surface area contributed by atoms with Gasteiger partial charge in [-0.3, -0.25) is 4.79 Å². The van der Waals surface area contributed by atoms with E-state index in [0.717, 1.165) is 5.75 Å². The molecule has 1 amide bonds. The average Bonchev–Trinajstić information content (AvgIpc) is 2.80. The van der Waals surface area contributed by atoms with Crippen molar-refractivity contribution in [3.05, 3.63) is 46.8 Å². The van der Waals surface area contributed by atoms with Crippen molar-refractivity contribution in [2.45, 2.75) is 27.4 Å². The second-order valence-corrected chi connectivity index (χ2v) is 4.53. The van der Waals surface area contributed by atoms with Gasteiger partial charge in [0.1, 0.15) is 18.1 Å². The van der Waals surface area contributed by atoms with E-state index in [4.69, 9.17) is 9.26 Å². The van der Waals surface area contributed by atoms with Crippen LogP contribution in [0.15, 0.2) is 28.8 Å². The summed E-state index contributed by atoms with van der Waals surface area (Å²) in [6.45, 7) is 6.44. The lowest BCUT2D eigenvalue weighted by molar-refractivity contribution is 0.0944. The van der Waals surface area contributed by atoms with E-state index in [2.05, 4.69) is 10.5 Å². The third-order valence-corrected chi connectivity index (χ3v) is 2.94. The Balaban J connectivity index is 2.11. The molecule has 0 atom stereocenters. The van der Waals surface area contributed by atoms with E-state index in [9.17, 15) is 4.79 Å². The molecule has 2 rings (SSSR count). The van der Waals surface area contributed by atoms with Crippen molar-refractivity contribution in [2.24, 2.45) is 0 Å². The summed E-state index contributed by atoms with van der Waals surface area (Å²) in [5, 5.41) is 6.50. The summed E-state index contributed by atoms with van der Waals surface area (Å²) >= 11 is 0. The van der Waals surface area contributed by atoms with Gasteiger partial charge >= 0.3 is 0 Å². The number of nitrogens with zero attached hydrogens (tertiary/aromatic N) is 1. The van der Waals surface area contributed by atoms with Crippen LogP contribution in [0.1, 0.15) is 34.3 Å². The Bertz CT molecular complexity index is 588. The lowest BCUT2D eigenvalue weighted by atomic mass is 10.2. The maximum absolute atomic E-state index is 11.8. The first kappa shape index (κ1) is 14.1. The number of nitrogens with one attached hydrogen (secondary N) is 1. The van der Waals surface area contributed by atoms with E-state index in [0.29, 0.717) is 17.9 Å². The van der Waals surface area contributed by atoms with Crippen molar-refractivity contribution in [3.8, 4) is 5.75 Å². The van der Waals surface area contributed by atoms with Crippen molar-refractivity contribution in [3.63, 3.8) is 0 Å². The van der Waals surface area contributed by atoms with Gasteiger partial charge in [0.15, 0.2) is 5.69 Å². The van der Waals surface area contributed by atoms with Crippen molar-refractivity contribution in [1.82, 2.24) is 10.5 Å². The van der Waals surface area contributed by atoms with E-state index in [1.807, 2.05) is 38.1 Å². The predicted octanol–water partition coefficient (Wildman–Crippen LogP) is 2.62. The van der Waals surface area contributed by atoms with Crippen LogP contribution in [0, 0.1) is 13.8 Å². The number of carbonyl (C=O) groups is 1. The topological polar surface area (TPSA) is 64.4 Å². The zero-order valence-electron chi connectivity index (χ0n) is 11.9. The lowest BCUT2D eigenvalue weighted by Gasteiger charge is -2.07. The maximum Gasteiger partial charge on any atom is 0.273 e. The molecule has 0 saturated carbocycles. The SMILES string of the molecule is CCNC(=O)c1noc(C)c1COc1ccc(C)cc1. The number of hydrogen-bond donors (Lipinski definition) is 1. The standard InChI is InChI=1S/C15H18N2O3/c1-4-16-15(18)14-13(11(3)20-17-14)9-19-12-7-5-10(2)6-8-12/h5-8H,4,9H2,1-3H3,(H,16,18). The molecule has 0 aliphatic heterocycles. The highest BCUT2D eigenvalue weighted by Crippen LogP contribution is 2.18. The van der Waals surface area contributed by atoms with Gasteiger partial charge in [-0.2, -0.15) is 0 Å². The highest BCUT2D eigenvalue weighted by atomic mass is 16.5. The number of amides is 1. The van der Waals surface area contributed by atoms with Crippen LogP contribution < -0.4 is 10.1 Å². The first-order valence-electron chi connectivity index (χ1n) is 6.54. The molecule has 5 nitrogen and oxygen atoms in total. The summed E-state index contributed by atoms with van der Waals surface area (Å²) in [5.41, 5.74) is 2.13.